The molecule has 2 aromatic carbocycles. The van der Waals surface area contributed by atoms with E-state index in [2.05, 4.69) is 10.2 Å². The lowest BCUT2D eigenvalue weighted by Gasteiger charge is -2.18. The molecular weight excluding hydrogens is 336 g/mol. The number of aromatic nitrogens is 3. The molecule has 0 atom stereocenters. The lowest BCUT2D eigenvalue weighted by atomic mass is 10.1. The molecule has 0 N–H and O–H groups in total. The van der Waals surface area contributed by atoms with Crippen LogP contribution in [0.1, 0.15) is 11.1 Å². The van der Waals surface area contributed by atoms with E-state index in [1.54, 1.807) is 31.3 Å². The van der Waals surface area contributed by atoms with Gasteiger partial charge in [-0.25, -0.2) is 12.7 Å². The van der Waals surface area contributed by atoms with Gasteiger partial charge in [0, 0.05) is 19.7 Å². The van der Waals surface area contributed by atoms with Crippen LogP contribution in [0.5, 0.6) is 0 Å². The molecule has 0 aliphatic carbocycles. The molecule has 6 nitrogen and oxygen atoms in total. The van der Waals surface area contributed by atoms with Crippen molar-refractivity contribution in [3.63, 3.8) is 0 Å². The molecule has 0 saturated heterocycles. The monoisotopic (exact) mass is 356 g/mol. The van der Waals surface area contributed by atoms with Gasteiger partial charge in [-0.2, -0.15) is 9.90 Å². The Morgan fingerprint density at radius 1 is 0.880 bits per heavy atom. The van der Waals surface area contributed by atoms with Crippen LogP contribution in [-0.4, -0.2) is 30.5 Å². The van der Waals surface area contributed by atoms with Crippen molar-refractivity contribution < 1.29 is 8.42 Å². The van der Waals surface area contributed by atoms with Gasteiger partial charge in [-0.05, 0) is 26.0 Å². The Morgan fingerprint density at radius 3 is 1.96 bits per heavy atom. The van der Waals surface area contributed by atoms with E-state index >= 15 is 0 Å². The van der Waals surface area contributed by atoms with Crippen molar-refractivity contribution in [3.8, 4) is 11.3 Å². The van der Waals surface area contributed by atoms with Crippen molar-refractivity contribution in [3.05, 3.63) is 59.7 Å². The quantitative estimate of drug-likeness (QED) is 0.721. The van der Waals surface area contributed by atoms with Crippen molar-refractivity contribution in [2.45, 2.75) is 18.7 Å². The molecule has 1 heterocycles. The number of rotatable bonds is 4. The molecule has 3 aromatic rings. The van der Waals surface area contributed by atoms with Crippen molar-refractivity contribution in [1.29, 1.82) is 0 Å². The van der Waals surface area contributed by atoms with Gasteiger partial charge in [0.25, 0.3) is 10.0 Å². The van der Waals surface area contributed by atoms with Crippen LogP contribution < -0.4 is 4.31 Å². The maximum Gasteiger partial charge on any atom is 0.265 e. The van der Waals surface area contributed by atoms with Crippen molar-refractivity contribution in [2.24, 2.45) is 7.05 Å². The highest BCUT2D eigenvalue weighted by Gasteiger charge is 2.27. The highest BCUT2D eigenvalue weighted by Crippen LogP contribution is 2.30. The minimum atomic E-state index is -3.72. The Morgan fingerprint density at radius 2 is 1.40 bits per heavy atom. The average molecular weight is 356 g/mol. The minimum absolute atomic E-state index is 0.223. The summed E-state index contributed by atoms with van der Waals surface area (Å²) in [5, 5.41) is 8.62. The largest absolute Gasteiger partial charge is 0.265 e. The van der Waals surface area contributed by atoms with Gasteiger partial charge in [0.2, 0.25) is 0 Å². The molecule has 7 heteroatoms. The van der Waals surface area contributed by atoms with Crippen LogP contribution >= 0.6 is 0 Å². The van der Waals surface area contributed by atoms with Gasteiger partial charge in [-0.1, -0.05) is 47.5 Å². The second kappa shape index (κ2) is 6.33. The van der Waals surface area contributed by atoms with Gasteiger partial charge in [-0.3, -0.25) is 0 Å². The van der Waals surface area contributed by atoms with Crippen LogP contribution in [0.2, 0.25) is 0 Å². The molecule has 3 rings (SSSR count). The molecule has 0 bridgehead atoms. The second-order valence-corrected chi connectivity index (χ2v) is 7.98. The smallest absolute Gasteiger partial charge is 0.250 e. The summed E-state index contributed by atoms with van der Waals surface area (Å²) in [5.74, 6) is 0.298. The van der Waals surface area contributed by atoms with Crippen LogP contribution in [0.3, 0.4) is 0 Å². The topological polar surface area (TPSA) is 68.1 Å². The van der Waals surface area contributed by atoms with Gasteiger partial charge in [-0.15, -0.1) is 5.10 Å². The summed E-state index contributed by atoms with van der Waals surface area (Å²) in [4.78, 5) is 1.60. The number of benzene rings is 2. The van der Waals surface area contributed by atoms with Gasteiger partial charge < -0.3 is 0 Å². The molecule has 0 fully saturated rings. The zero-order valence-electron chi connectivity index (χ0n) is 14.6. The van der Waals surface area contributed by atoms with Crippen LogP contribution in [0.15, 0.2) is 53.4 Å². The van der Waals surface area contributed by atoms with E-state index < -0.39 is 10.0 Å². The fourth-order valence-corrected chi connectivity index (χ4v) is 3.64. The van der Waals surface area contributed by atoms with Crippen LogP contribution in [0.25, 0.3) is 11.3 Å². The number of sulfonamides is 1. The van der Waals surface area contributed by atoms with Gasteiger partial charge in [0.05, 0.1) is 4.90 Å². The van der Waals surface area contributed by atoms with Gasteiger partial charge in [0.1, 0.15) is 5.69 Å². The van der Waals surface area contributed by atoms with Gasteiger partial charge >= 0.3 is 0 Å². The number of hydrogen-bond donors (Lipinski definition) is 0. The van der Waals surface area contributed by atoms with E-state index in [4.69, 9.17) is 0 Å². The Labute approximate surface area is 147 Å². The molecule has 0 radical (unpaired) electrons. The van der Waals surface area contributed by atoms with Crippen LogP contribution in [0.4, 0.5) is 5.82 Å². The standard InChI is InChI=1S/C18H20N4O2S/c1-13-5-9-15(10-6-13)17-18(20-22(4)19-17)21(3)25(23,24)16-11-7-14(2)8-12-16/h5-12H,1-4H3. The van der Waals surface area contributed by atoms with E-state index in [-0.39, 0.29) is 4.90 Å². The molecule has 0 spiro atoms. The molecule has 0 saturated carbocycles. The first-order chi connectivity index (χ1) is 11.8. The molecule has 0 unspecified atom stereocenters. The van der Waals surface area contributed by atoms with E-state index in [9.17, 15) is 8.42 Å². The zero-order chi connectivity index (χ0) is 18.2. The number of anilines is 1. The summed E-state index contributed by atoms with van der Waals surface area (Å²) in [7, 11) is -0.546. The molecular formula is C18H20N4O2S. The number of nitrogens with zero attached hydrogens (tertiary/aromatic N) is 4. The summed E-state index contributed by atoms with van der Waals surface area (Å²) >= 11 is 0. The lowest BCUT2D eigenvalue weighted by Crippen LogP contribution is -2.27. The average Bonchev–Trinajstić information content (AvgIpc) is 2.97. The van der Waals surface area contributed by atoms with Crippen molar-refractivity contribution in [1.82, 2.24) is 15.0 Å². The summed E-state index contributed by atoms with van der Waals surface area (Å²) in [5.41, 5.74) is 3.47. The highest BCUT2D eigenvalue weighted by atomic mass is 32.2. The lowest BCUT2D eigenvalue weighted by molar-refractivity contribution is 0.593. The predicted molar refractivity (Wildman–Crippen MR) is 97.9 cm³/mol. The first-order valence-electron chi connectivity index (χ1n) is 7.83. The molecule has 0 aliphatic heterocycles. The van der Waals surface area contributed by atoms with E-state index in [0.29, 0.717) is 11.5 Å². The third kappa shape index (κ3) is 3.28. The first-order valence-corrected chi connectivity index (χ1v) is 9.27. The van der Waals surface area contributed by atoms with E-state index in [0.717, 1.165) is 16.7 Å². The third-order valence-corrected chi connectivity index (χ3v) is 5.76. The van der Waals surface area contributed by atoms with Crippen LogP contribution in [0, 0.1) is 13.8 Å². The summed E-state index contributed by atoms with van der Waals surface area (Å²) < 4.78 is 27.1. The normalized spacial score (nSPS) is 11.5. The third-order valence-electron chi connectivity index (χ3n) is 4.00. The Balaban J connectivity index is 2.07. The van der Waals surface area contributed by atoms with E-state index in [1.165, 1.54) is 16.1 Å². The van der Waals surface area contributed by atoms with Crippen molar-refractivity contribution in [2.75, 3.05) is 11.4 Å². The first kappa shape index (κ1) is 17.2. The Hall–Kier alpha value is -2.67. The summed E-state index contributed by atoms with van der Waals surface area (Å²) in [6.07, 6.45) is 0. The molecule has 0 aliphatic rings. The Kier molecular flexibility index (Phi) is 4.34. The highest BCUT2D eigenvalue weighted by molar-refractivity contribution is 7.92. The number of aryl methyl sites for hydroxylation is 3. The molecule has 1 aromatic heterocycles. The zero-order valence-corrected chi connectivity index (χ0v) is 15.4. The fourth-order valence-electron chi connectivity index (χ4n) is 2.49. The molecule has 25 heavy (non-hydrogen) atoms. The van der Waals surface area contributed by atoms with Gasteiger partial charge in [0.15, 0.2) is 5.82 Å². The van der Waals surface area contributed by atoms with Crippen molar-refractivity contribution >= 4 is 15.8 Å². The predicted octanol–water partition coefficient (Wildman–Crippen LogP) is 2.92. The molecule has 0 amide bonds. The SMILES string of the molecule is Cc1ccc(-c2nn(C)nc2N(C)S(=O)(=O)c2ccc(C)cc2)cc1. The summed E-state index contributed by atoms with van der Waals surface area (Å²) in [6, 6.07) is 14.5. The fraction of sp³-hybridized carbons (Fsp3) is 0.222. The minimum Gasteiger partial charge on any atom is -0.250 e. The Bertz CT molecular complexity index is 991. The maximum atomic E-state index is 12.9. The second-order valence-electron chi connectivity index (χ2n) is 6.01. The summed E-state index contributed by atoms with van der Waals surface area (Å²) in [6.45, 7) is 3.91. The number of hydrogen-bond acceptors (Lipinski definition) is 4. The van der Waals surface area contributed by atoms with E-state index in [1.807, 2.05) is 38.1 Å². The van der Waals surface area contributed by atoms with Crippen LogP contribution in [-0.2, 0) is 17.1 Å². The maximum absolute atomic E-state index is 12.9. The molecule has 130 valence electrons.